The number of anilines is 1. The van der Waals surface area contributed by atoms with E-state index in [2.05, 4.69) is 10.4 Å². The van der Waals surface area contributed by atoms with E-state index in [4.69, 9.17) is 16.3 Å². The largest absolute Gasteiger partial charge is 0.487 e. The highest BCUT2D eigenvalue weighted by molar-refractivity contribution is 6.32. The van der Waals surface area contributed by atoms with Crippen molar-refractivity contribution in [1.82, 2.24) is 9.78 Å². The molecule has 0 saturated carbocycles. The lowest BCUT2D eigenvalue weighted by molar-refractivity contribution is -0.384. The van der Waals surface area contributed by atoms with Gasteiger partial charge in [-0.1, -0.05) is 41.9 Å². The third kappa shape index (κ3) is 5.57. The van der Waals surface area contributed by atoms with E-state index >= 15 is 0 Å². The number of aromatic nitrogens is 2. The highest BCUT2D eigenvalue weighted by atomic mass is 35.5. The molecule has 0 aliphatic carbocycles. The van der Waals surface area contributed by atoms with Gasteiger partial charge in [-0.05, 0) is 29.8 Å². The summed E-state index contributed by atoms with van der Waals surface area (Å²) in [5, 5.41) is 17.8. The van der Waals surface area contributed by atoms with E-state index in [1.54, 1.807) is 48.7 Å². The van der Waals surface area contributed by atoms with E-state index in [0.717, 1.165) is 5.56 Å². The maximum absolute atomic E-state index is 13.8. The molecule has 4 aromatic rings. The number of benzene rings is 3. The van der Waals surface area contributed by atoms with Crippen LogP contribution in [0.25, 0.3) is 0 Å². The van der Waals surface area contributed by atoms with Crippen molar-refractivity contribution in [2.75, 3.05) is 5.32 Å². The maximum Gasteiger partial charge on any atom is 0.271 e. The summed E-state index contributed by atoms with van der Waals surface area (Å²) in [6.07, 6.45) is 3.12. The number of halogens is 2. The Kier molecular flexibility index (Phi) is 6.84. The van der Waals surface area contributed by atoms with E-state index in [1.165, 1.54) is 35.1 Å². The van der Waals surface area contributed by atoms with Gasteiger partial charge in [-0.15, -0.1) is 0 Å². The predicted octanol–water partition coefficient (Wildman–Crippen LogP) is 5.46. The van der Waals surface area contributed by atoms with Crippen LogP contribution in [0.2, 0.25) is 5.02 Å². The van der Waals surface area contributed by atoms with Gasteiger partial charge in [0, 0.05) is 29.5 Å². The number of rotatable bonds is 8. The van der Waals surface area contributed by atoms with Crippen LogP contribution in [0, 0.1) is 15.9 Å². The lowest BCUT2D eigenvalue weighted by atomic mass is 10.1. The first-order valence-corrected chi connectivity index (χ1v) is 10.5. The molecule has 172 valence electrons. The molecule has 8 nitrogen and oxygen atoms in total. The molecular weight excluding hydrogens is 463 g/mol. The number of nitrogens with zero attached hydrogens (tertiary/aromatic N) is 3. The van der Waals surface area contributed by atoms with Crippen LogP contribution in [0.3, 0.4) is 0 Å². The fourth-order valence-corrected chi connectivity index (χ4v) is 3.38. The molecule has 0 unspecified atom stereocenters. The molecule has 1 heterocycles. The normalized spacial score (nSPS) is 10.6. The van der Waals surface area contributed by atoms with Crippen LogP contribution in [-0.4, -0.2) is 20.6 Å². The van der Waals surface area contributed by atoms with Crippen molar-refractivity contribution in [1.29, 1.82) is 0 Å². The van der Waals surface area contributed by atoms with E-state index < -0.39 is 4.92 Å². The van der Waals surface area contributed by atoms with Gasteiger partial charge >= 0.3 is 0 Å². The maximum atomic E-state index is 13.8. The molecule has 1 amide bonds. The number of nitrogens with one attached hydrogen (secondary N) is 1. The summed E-state index contributed by atoms with van der Waals surface area (Å²) in [6, 6.07) is 17.2. The van der Waals surface area contributed by atoms with Crippen molar-refractivity contribution in [2.45, 2.75) is 13.2 Å². The van der Waals surface area contributed by atoms with Crippen LogP contribution in [0.1, 0.15) is 21.5 Å². The molecule has 4 rings (SSSR count). The van der Waals surface area contributed by atoms with Crippen molar-refractivity contribution in [3.63, 3.8) is 0 Å². The van der Waals surface area contributed by atoms with Gasteiger partial charge in [0.1, 0.15) is 18.2 Å². The van der Waals surface area contributed by atoms with Crippen LogP contribution >= 0.6 is 11.6 Å². The number of non-ortho nitro benzene ring substituents is 1. The first kappa shape index (κ1) is 22.9. The summed E-state index contributed by atoms with van der Waals surface area (Å²) in [6.45, 7) is 0.415. The molecule has 0 atom stereocenters. The monoisotopic (exact) mass is 480 g/mol. The Labute approximate surface area is 198 Å². The van der Waals surface area contributed by atoms with Crippen molar-refractivity contribution in [3.05, 3.63) is 117 Å². The minimum Gasteiger partial charge on any atom is -0.487 e. The fraction of sp³-hybridized carbons (Fsp3) is 0.0833. The molecule has 0 fully saturated rings. The predicted molar refractivity (Wildman–Crippen MR) is 125 cm³/mol. The zero-order valence-electron chi connectivity index (χ0n) is 17.7. The van der Waals surface area contributed by atoms with Gasteiger partial charge in [0.15, 0.2) is 0 Å². The highest BCUT2D eigenvalue weighted by Gasteiger charge is 2.12. The molecule has 0 aliphatic rings. The Morgan fingerprint density at radius 1 is 1.15 bits per heavy atom. The number of ether oxygens (including phenoxy) is 1. The van der Waals surface area contributed by atoms with E-state index in [0.29, 0.717) is 22.6 Å². The standard InChI is InChI=1S/C24H18ClFN4O4/c25-21-11-20(30(32)33)9-10-23(21)34-15-16-5-7-17(8-6-16)24(31)28-19-12-27-29(14-19)13-18-3-1-2-4-22(18)26/h1-12,14H,13,15H2,(H,28,31). The van der Waals surface area contributed by atoms with E-state index in [-0.39, 0.29) is 35.6 Å². The Morgan fingerprint density at radius 2 is 1.91 bits per heavy atom. The van der Waals surface area contributed by atoms with Crippen molar-refractivity contribution >= 4 is 28.9 Å². The number of hydrogen-bond donors (Lipinski definition) is 1. The number of nitro benzene ring substituents is 1. The van der Waals surface area contributed by atoms with Gasteiger partial charge in [-0.3, -0.25) is 19.6 Å². The smallest absolute Gasteiger partial charge is 0.271 e. The summed E-state index contributed by atoms with van der Waals surface area (Å²) in [5.74, 6) is -0.318. The first-order chi connectivity index (χ1) is 16.4. The summed E-state index contributed by atoms with van der Waals surface area (Å²) >= 11 is 6.03. The van der Waals surface area contributed by atoms with Gasteiger partial charge < -0.3 is 10.1 Å². The van der Waals surface area contributed by atoms with Crippen LogP contribution in [0.4, 0.5) is 15.8 Å². The third-order valence-corrected chi connectivity index (χ3v) is 5.21. The van der Waals surface area contributed by atoms with Crippen molar-refractivity contribution < 1.29 is 18.8 Å². The number of carbonyl (C=O) groups excluding carboxylic acids is 1. The number of nitro groups is 1. The van der Waals surface area contributed by atoms with Crippen LogP contribution in [0.5, 0.6) is 5.75 Å². The molecule has 1 aromatic heterocycles. The molecule has 0 aliphatic heterocycles. The summed E-state index contributed by atoms with van der Waals surface area (Å²) in [4.78, 5) is 22.8. The Bertz CT molecular complexity index is 1340. The van der Waals surface area contributed by atoms with Crippen LogP contribution < -0.4 is 10.1 Å². The Balaban J connectivity index is 1.33. The fourth-order valence-electron chi connectivity index (χ4n) is 3.15. The minimum absolute atomic E-state index is 0.120. The third-order valence-electron chi connectivity index (χ3n) is 4.92. The molecule has 34 heavy (non-hydrogen) atoms. The second kappa shape index (κ2) is 10.1. The van der Waals surface area contributed by atoms with Gasteiger partial charge in [0.2, 0.25) is 0 Å². The van der Waals surface area contributed by atoms with Crippen LogP contribution in [0.15, 0.2) is 79.1 Å². The molecule has 3 aromatic carbocycles. The van der Waals surface area contributed by atoms with Crippen LogP contribution in [-0.2, 0) is 13.2 Å². The van der Waals surface area contributed by atoms with Gasteiger partial charge in [0.25, 0.3) is 11.6 Å². The average molecular weight is 481 g/mol. The number of amides is 1. The summed E-state index contributed by atoms with van der Waals surface area (Å²) in [7, 11) is 0. The highest BCUT2D eigenvalue weighted by Crippen LogP contribution is 2.29. The SMILES string of the molecule is O=C(Nc1cnn(Cc2ccccc2F)c1)c1ccc(COc2ccc([N+](=O)[O-])cc2Cl)cc1. The van der Waals surface area contributed by atoms with Gasteiger partial charge in [-0.25, -0.2) is 4.39 Å². The summed E-state index contributed by atoms with van der Waals surface area (Å²) < 4.78 is 21.0. The zero-order valence-corrected chi connectivity index (χ0v) is 18.4. The van der Waals surface area contributed by atoms with Crippen molar-refractivity contribution in [2.24, 2.45) is 0 Å². The molecule has 0 saturated heterocycles. The van der Waals surface area contributed by atoms with E-state index in [1.807, 2.05) is 0 Å². The second-order valence-corrected chi connectivity index (χ2v) is 7.74. The number of hydrogen-bond acceptors (Lipinski definition) is 5. The molecule has 1 N–H and O–H groups in total. The molecule has 10 heteroatoms. The quantitative estimate of drug-likeness (QED) is 0.266. The second-order valence-electron chi connectivity index (χ2n) is 7.33. The van der Waals surface area contributed by atoms with E-state index in [9.17, 15) is 19.3 Å². The lowest BCUT2D eigenvalue weighted by Gasteiger charge is -2.09. The van der Waals surface area contributed by atoms with Crippen molar-refractivity contribution in [3.8, 4) is 5.75 Å². The number of carbonyl (C=O) groups is 1. The minimum atomic E-state index is -0.534. The van der Waals surface area contributed by atoms with Gasteiger partial charge in [0.05, 0.1) is 28.4 Å². The Morgan fingerprint density at radius 3 is 2.62 bits per heavy atom. The average Bonchev–Trinajstić information content (AvgIpc) is 3.26. The molecule has 0 radical (unpaired) electrons. The molecular formula is C24H18ClFN4O4. The summed E-state index contributed by atoms with van der Waals surface area (Å²) in [5.41, 5.74) is 2.07. The topological polar surface area (TPSA) is 99.3 Å². The zero-order chi connectivity index (χ0) is 24.1. The first-order valence-electron chi connectivity index (χ1n) is 10.1. The molecule has 0 bridgehead atoms. The van der Waals surface area contributed by atoms with Gasteiger partial charge in [-0.2, -0.15) is 5.10 Å². The lowest BCUT2D eigenvalue weighted by Crippen LogP contribution is -2.11. The molecule has 0 spiro atoms. The Hall–Kier alpha value is -4.24.